The zero-order valence-corrected chi connectivity index (χ0v) is 16.9. The van der Waals surface area contributed by atoms with Crippen LogP contribution in [0.25, 0.3) is 0 Å². The normalized spacial score (nSPS) is 12.0. The second-order valence-electron chi connectivity index (χ2n) is 6.20. The number of rotatable bonds is 8. The monoisotopic (exact) mass is 429 g/mol. The predicted molar refractivity (Wildman–Crippen MR) is 114 cm³/mol. The molecule has 2 aromatic carbocycles. The lowest BCUT2D eigenvalue weighted by Gasteiger charge is -2.12. The number of carbonyl (C=O) groups excluding carboxylic acids is 2. The molecule has 0 saturated heterocycles. The summed E-state index contributed by atoms with van der Waals surface area (Å²) in [4.78, 5) is 45.8. The number of carboxylic acid groups (broad SMARTS) is 1. The summed E-state index contributed by atoms with van der Waals surface area (Å²) in [5.74, 6) is -1.98. The number of thioether (sulfide) groups is 1. The third kappa shape index (κ3) is 6.74. The van der Waals surface area contributed by atoms with Crippen molar-refractivity contribution in [2.75, 3.05) is 10.6 Å². The lowest BCUT2D eigenvalue weighted by atomic mass is 10.2. The maximum absolute atomic E-state index is 12.3. The number of nitro benzene ring substituents is 1. The number of carbonyl (C=O) groups is 3. The van der Waals surface area contributed by atoms with E-state index >= 15 is 0 Å². The van der Waals surface area contributed by atoms with Gasteiger partial charge in [0.15, 0.2) is 0 Å². The van der Waals surface area contributed by atoms with Crippen LogP contribution in [0.15, 0.2) is 65.1 Å². The third-order valence-electron chi connectivity index (χ3n) is 3.83. The fourth-order valence-electron chi connectivity index (χ4n) is 2.22. The lowest BCUT2D eigenvalue weighted by Crippen LogP contribution is -2.22. The van der Waals surface area contributed by atoms with Crippen molar-refractivity contribution < 1.29 is 24.4 Å². The van der Waals surface area contributed by atoms with E-state index in [1.54, 1.807) is 31.2 Å². The van der Waals surface area contributed by atoms with E-state index in [4.69, 9.17) is 5.11 Å². The van der Waals surface area contributed by atoms with E-state index in [1.165, 1.54) is 43.0 Å². The Balaban J connectivity index is 1.91. The van der Waals surface area contributed by atoms with Gasteiger partial charge in [0.1, 0.15) is 0 Å². The second-order valence-corrected chi connectivity index (χ2v) is 7.61. The SMILES string of the molecule is C/C(=C/C(=O)Nc1ccc(S[C@H](C)C(=O)Nc2ccc([N+](=O)[O-])cc2)cc1)C(=O)O. The molecule has 0 spiro atoms. The summed E-state index contributed by atoms with van der Waals surface area (Å²) in [5, 5.41) is 24.3. The van der Waals surface area contributed by atoms with E-state index in [9.17, 15) is 24.5 Å². The number of carboxylic acids is 1. The van der Waals surface area contributed by atoms with Gasteiger partial charge in [0, 0.05) is 40.1 Å². The molecule has 0 radical (unpaired) electrons. The van der Waals surface area contributed by atoms with E-state index < -0.39 is 22.0 Å². The number of nitrogens with zero attached hydrogens (tertiary/aromatic N) is 1. The summed E-state index contributed by atoms with van der Waals surface area (Å²) in [6, 6.07) is 12.3. The van der Waals surface area contributed by atoms with Crippen LogP contribution < -0.4 is 10.6 Å². The van der Waals surface area contributed by atoms with Gasteiger partial charge in [0.05, 0.1) is 10.2 Å². The zero-order chi connectivity index (χ0) is 22.3. The fraction of sp³-hybridized carbons (Fsp3) is 0.150. The van der Waals surface area contributed by atoms with Gasteiger partial charge in [-0.2, -0.15) is 0 Å². The molecule has 0 aliphatic carbocycles. The summed E-state index contributed by atoms with van der Waals surface area (Å²) in [6.45, 7) is 3.05. The Kier molecular flexibility index (Phi) is 7.70. The van der Waals surface area contributed by atoms with E-state index in [0.717, 1.165) is 11.0 Å². The Hall–Kier alpha value is -3.66. The molecule has 0 heterocycles. The van der Waals surface area contributed by atoms with Crippen molar-refractivity contribution >= 4 is 46.6 Å². The van der Waals surface area contributed by atoms with Crippen molar-refractivity contribution in [1.82, 2.24) is 0 Å². The summed E-state index contributed by atoms with van der Waals surface area (Å²) in [6.07, 6.45) is 0.996. The van der Waals surface area contributed by atoms with Crippen LogP contribution in [0.1, 0.15) is 13.8 Å². The maximum atomic E-state index is 12.3. The van der Waals surface area contributed by atoms with Crippen molar-refractivity contribution in [3.8, 4) is 0 Å². The molecule has 2 aromatic rings. The number of hydrogen-bond acceptors (Lipinski definition) is 6. The van der Waals surface area contributed by atoms with E-state index in [1.807, 2.05) is 0 Å². The van der Waals surface area contributed by atoms with Crippen LogP contribution in [0.5, 0.6) is 0 Å². The summed E-state index contributed by atoms with van der Waals surface area (Å²) in [5.41, 5.74) is 0.811. The molecule has 10 heteroatoms. The Morgan fingerprint density at radius 2 is 1.57 bits per heavy atom. The van der Waals surface area contributed by atoms with Crippen LogP contribution in [0.2, 0.25) is 0 Å². The van der Waals surface area contributed by atoms with Gasteiger partial charge in [-0.05, 0) is 50.2 Å². The van der Waals surface area contributed by atoms with Gasteiger partial charge < -0.3 is 15.7 Å². The molecule has 156 valence electrons. The minimum absolute atomic E-state index is 0.0591. The van der Waals surface area contributed by atoms with Crippen molar-refractivity contribution in [2.24, 2.45) is 0 Å². The highest BCUT2D eigenvalue weighted by atomic mass is 32.2. The molecule has 1 atom stereocenters. The number of amides is 2. The van der Waals surface area contributed by atoms with Crippen molar-refractivity contribution in [2.45, 2.75) is 24.0 Å². The van der Waals surface area contributed by atoms with Crippen LogP contribution in [0.4, 0.5) is 17.1 Å². The van der Waals surface area contributed by atoms with Gasteiger partial charge in [0.25, 0.3) is 5.69 Å². The topological polar surface area (TPSA) is 139 Å². The molecule has 3 N–H and O–H groups in total. The molecule has 2 rings (SSSR count). The summed E-state index contributed by atoms with van der Waals surface area (Å²) >= 11 is 1.30. The Labute approximate surface area is 176 Å². The van der Waals surface area contributed by atoms with Crippen LogP contribution in [-0.4, -0.2) is 33.1 Å². The highest BCUT2D eigenvalue weighted by Crippen LogP contribution is 2.26. The molecule has 9 nitrogen and oxygen atoms in total. The average molecular weight is 429 g/mol. The molecule has 2 amide bonds. The molecule has 0 aliphatic heterocycles. The molecule has 0 unspecified atom stereocenters. The van der Waals surface area contributed by atoms with Crippen LogP contribution >= 0.6 is 11.8 Å². The van der Waals surface area contributed by atoms with Crippen LogP contribution in [0, 0.1) is 10.1 Å². The fourth-order valence-corrected chi connectivity index (χ4v) is 3.09. The Morgan fingerprint density at radius 1 is 1.03 bits per heavy atom. The first-order chi connectivity index (χ1) is 14.2. The van der Waals surface area contributed by atoms with Gasteiger partial charge in [-0.3, -0.25) is 19.7 Å². The molecule has 0 bridgehead atoms. The standard InChI is InChI=1S/C20H19N3O6S/c1-12(20(26)27)11-18(24)21-14-5-9-17(10-6-14)30-13(2)19(25)22-15-3-7-16(8-4-15)23(28)29/h3-11,13H,1-2H3,(H,21,24)(H,22,25)(H,26,27)/b12-11-/t13-/m1/s1. The Morgan fingerprint density at radius 3 is 2.10 bits per heavy atom. The van der Waals surface area contributed by atoms with E-state index in [0.29, 0.717) is 11.4 Å². The minimum atomic E-state index is -1.17. The van der Waals surface area contributed by atoms with Crippen molar-refractivity contribution in [3.63, 3.8) is 0 Å². The molecule has 0 aromatic heterocycles. The first-order valence-corrected chi connectivity index (χ1v) is 9.58. The van der Waals surface area contributed by atoms with Crippen molar-refractivity contribution in [1.29, 1.82) is 0 Å². The highest BCUT2D eigenvalue weighted by Gasteiger charge is 2.15. The summed E-state index contributed by atoms with van der Waals surface area (Å²) in [7, 11) is 0. The van der Waals surface area contributed by atoms with Gasteiger partial charge in [0.2, 0.25) is 11.8 Å². The highest BCUT2D eigenvalue weighted by molar-refractivity contribution is 8.00. The molecular weight excluding hydrogens is 410 g/mol. The smallest absolute Gasteiger partial charge is 0.331 e. The maximum Gasteiger partial charge on any atom is 0.331 e. The average Bonchev–Trinajstić information content (AvgIpc) is 2.69. The lowest BCUT2D eigenvalue weighted by molar-refractivity contribution is -0.384. The van der Waals surface area contributed by atoms with E-state index in [2.05, 4.69) is 10.6 Å². The number of anilines is 2. The summed E-state index contributed by atoms with van der Waals surface area (Å²) < 4.78 is 0. The first kappa shape index (κ1) is 22.6. The third-order valence-corrected chi connectivity index (χ3v) is 4.95. The van der Waals surface area contributed by atoms with Gasteiger partial charge in [-0.1, -0.05) is 0 Å². The number of benzene rings is 2. The van der Waals surface area contributed by atoms with Crippen LogP contribution in [0.3, 0.4) is 0 Å². The molecule has 0 saturated carbocycles. The van der Waals surface area contributed by atoms with E-state index in [-0.39, 0.29) is 17.2 Å². The van der Waals surface area contributed by atoms with Gasteiger partial charge in [-0.25, -0.2) is 4.79 Å². The zero-order valence-electron chi connectivity index (χ0n) is 16.1. The predicted octanol–water partition coefficient (Wildman–Crippen LogP) is 3.68. The van der Waals surface area contributed by atoms with Crippen molar-refractivity contribution in [3.05, 3.63) is 70.3 Å². The van der Waals surface area contributed by atoms with Gasteiger partial charge in [-0.15, -0.1) is 11.8 Å². The first-order valence-electron chi connectivity index (χ1n) is 8.70. The second kappa shape index (κ2) is 10.2. The molecular formula is C20H19N3O6S. The number of nitrogens with one attached hydrogen (secondary N) is 2. The molecule has 30 heavy (non-hydrogen) atoms. The quantitative estimate of drug-likeness (QED) is 0.252. The minimum Gasteiger partial charge on any atom is -0.478 e. The van der Waals surface area contributed by atoms with Crippen LogP contribution in [-0.2, 0) is 14.4 Å². The van der Waals surface area contributed by atoms with Gasteiger partial charge >= 0.3 is 5.97 Å². The molecule has 0 fully saturated rings. The number of non-ortho nitro benzene ring substituents is 1. The number of nitro groups is 1. The largest absolute Gasteiger partial charge is 0.478 e. The Bertz CT molecular complexity index is 987. The number of hydrogen-bond donors (Lipinski definition) is 3. The number of aliphatic carboxylic acids is 1. The molecule has 0 aliphatic rings.